The highest BCUT2D eigenvalue weighted by Crippen LogP contribution is 2.29. The van der Waals surface area contributed by atoms with Gasteiger partial charge in [-0.25, -0.2) is 9.78 Å². The maximum Gasteiger partial charge on any atom is 0.329 e. The zero-order valence-corrected chi connectivity index (χ0v) is 29.0. The van der Waals surface area contributed by atoms with Gasteiger partial charge >= 0.3 is 5.97 Å². The third-order valence-electron chi connectivity index (χ3n) is 7.63. The normalized spacial score (nSPS) is 17.6. The van der Waals surface area contributed by atoms with Crippen molar-refractivity contribution in [2.45, 2.75) is 65.3 Å². The van der Waals surface area contributed by atoms with Gasteiger partial charge in [-0.1, -0.05) is 45.0 Å². The van der Waals surface area contributed by atoms with Crippen LogP contribution in [0.1, 0.15) is 51.4 Å². The Labute approximate surface area is 285 Å². The Kier molecular flexibility index (Phi) is 15.4. The first-order valence-corrected chi connectivity index (χ1v) is 16.8. The molecular formula is C33H48N4O10S. The lowest BCUT2D eigenvalue weighted by Gasteiger charge is -2.35. The predicted molar refractivity (Wildman–Crippen MR) is 177 cm³/mol. The molecule has 48 heavy (non-hydrogen) atoms. The van der Waals surface area contributed by atoms with Crippen LogP contribution in [0.15, 0.2) is 29.8 Å². The lowest BCUT2D eigenvalue weighted by atomic mass is 9.85. The third kappa shape index (κ3) is 12.2. The molecule has 1 aromatic carbocycles. The van der Waals surface area contributed by atoms with Crippen molar-refractivity contribution in [2.24, 2.45) is 5.41 Å². The molecule has 3 rings (SSSR count). The Morgan fingerprint density at radius 3 is 2.08 bits per heavy atom. The number of nitrogens with zero attached hydrogens (tertiary/aromatic N) is 2. The summed E-state index contributed by atoms with van der Waals surface area (Å²) in [6.07, 6.45) is -0.789. The van der Waals surface area contributed by atoms with Gasteiger partial charge in [-0.2, -0.15) is 0 Å². The van der Waals surface area contributed by atoms with Gasteiger partial charge in [0.2, 0.25) is 17.7 Å². The van der Waals surface area contributed by atoms with Gasteiger partial charge in [0.1, 0.15) is 25.3 Å². The predicted octanol–water partition coefficient (Wildman–Crippen LogP) is 1.94. The molecule has 1 aliphatic rings. The van der Waals surface area contributed by atoms with Crippen LogP contribution in [0.4, 0.5) is 0 Å². The molecule has 2 aromatic rings. The van der Waals surface area contributed by atoms with Crippen LogP contribution in [-0.4, -0.2) is 121 Å². The number of hydrogen-bond donors (Lipinski definition) is 4. The molecule has 2 heterocycles. The van der Waals surface area contributed by atoms with Gasteiger partial charge in [0.25, 0.3) is 0 Å². The molecule has 15 heteroatoms. The number of carboxylic acids is 1. The van der Waals surface area contributed by atoms with E-state index in [0.29, 0.717) is 0 Å². The summed E-state index contributed by atoms with van der Waals surface area (Å²) >= 11 is 1.57. The molecule has 3 amide bonds. The van der Waals surface area contributed by atoms with Crippen LogP contribution < -0.4 is 10.6 Å². The number of aliphatic carboxylic acids is 1. The van der Waals surface area contributed by atoms with E-state index in [1.54, 1.807) is 16.8 Å². The lowest BCUT2D eigenvalue weighted by Crippen LogP contribution is -2.58. The maximum absolute atomic E-state index is 13.8. The van der Waals surface area contributed by atoms with Crippen LogP contribution in [0.3, 0.4) is 0 Å². The Bertz CT molecular complexity index is 1350. The summed E-state index contributed by atoms with van der Waals surface area (Å²) in [5.74, 6) is -2.38. The van der Waals surface area contributed by atoms with Crippen LogP contribution in [-0.2, 0) is 38.1 Å². The molecule has 4 atom stereocenters. The van der Waals surface area contributed by atoms with E-state index < -0.39 is 41.4 Å². The number of ether oxygens (including phenoxy) is 4. The molecule has 0 unspecified atom stereocenters. The number of hydrogen-bond acceptors (Lipinski definition) is 11. The number of carbonyl (C=O) groups is 4. The number of rotatable bonds is 19. The highest BCUT2D eigenvalue weighted by atomic mass is 32.1. The van der Waals surface area contributed by atoms with Crippen molar-refractivity contribution in [1.29, 1.82) is 0 Å². The first-order valence-electron chi connectivity index (χ1n) is 15.9. The van der Waals surface area contributed by atoms with E-state index in [1.165, 1.54) is 4.90 Å². The number of aryl methyl sites for hydroxylation is 1. The summed E-state index contributed by atoms with van der Waals surface area (Å²) in [6, 6.07) is 5.66. The highest BCUT2D eigenvalue weighted by Gasteiger charge is 2.44. The Morgan fingerprint density at radius 2 is 1.54 bits per heavy atom. The number of nitrogens with one attached hydrogen (secondary N) is 2. The van der Waals surface area contributed by atoms with E-state index >= 15 is 0 Å². The second kappa shape index (κ2) is 18.9. The fourth-order valence-corrected chi connectivity index (χ4v) is 5.91. The summed E-state index contributed by atoms with van der Waals surface area (Å²) < 4.78 is 20.9. The molecule has 0 aliphatic carbocycles. The summed E-state index contributed by atoms with van der Waals surface area (Å²) in [5.41, 5.74) is 4.00. The van der Waals surface area contributed by atoms with Crippen molar-refractivity contribution >= 4 is 35.0 Å². The number of benzene rings is 1. The number of carboxylic acid groups (broad SMARTS) is 1. The summed E-state index contributed by atoms with van der Waals surface area (Å²) in [5, 5.41) is 24.7. The number of aliphatic hydroxyl groups is 1. The number of aromatic nitrogens is 1. The molecule has 1 aromatic heterocycles. The molecule has 266 valence electrons. The molecule has 4 N–H and O–H groups in total. The average molecular weight is 693 g/mol. The van der Waals surface area contributed by atoms with Gasteiger partial charge in [0, 0.05) is 13.0 Å². The van der Waals surface area contributed by atoms with Crippen molar-refractivity contribution in [3.05, 3.63) is 41.0 Å². The van der Waals surface area contributed by atoms with E-state index in [9.17, 15) is 24.3 Å². The van der Waals surface area contributed by atoms with Crippen molar-refractivity contribution in [3.8, 4) is 10.4 Å². The minimum Gasteiger partial charge on any atom is -0.480 e. The minimum atomic E-state index is -1.04. The van der Waals surface area contributed by atoms with Crippen LogP contribution >= 0.6 is 11.3 Å². The van der Waals surface area contributed by atoms with E-state index in [1.807, 2.05) is 58.9 Å². The van der Waals surface area contributed by atoms with Gasteiger partial charge in [-0.15, -0.1) is 11.3 Å². The minimum absolute atomic E-state index is 0.0242. The number of amides is 3. The molecule has 0 saturated carbocycles. The summed E-state index contributed by atoms with van der Waals surface area (Å²) in [6.45, 7) is 9.88. The molecular weight excluding hydrogens is 644 g/mol. The van der Waals surface area contributed by atoms with Gasteiger partial charge in [0.05, 0.1) is 67.9 Å². The average Bonchev–Trinajstić information content (AvgIpc) is 3.64. The first-order chi connectivity index (χ1) is 22.8. The molecule has 1 aliphatic heterocycles. The van der Waals surface area contributed by atoms with E-state index in [0.717, 1.165) is 21.7 Å². The number of β-amino-alcohol motifs (C(OH)–C–C–N with tert-alkyl or cyclic N) is 1. The molecule has 0 radical (unpaired) electrons. The van der Waals surface area contributed by atoms with Crippen LogP contribution in [0.5, 0.6) is 0 Å². The smallest absolute Gasteiger partial charge is 0.329 e. The standard InChI is InChI=1S/C33H48N4O10S/c1-21(23-6-8-24(9-7-23)29-22(2)34-20-48-29)35-31(42)26-16-25(38)17-37(26)32(43)30(33(3,4)5)36-27(39)18-46-14-12-44-10-11-45-13-15-47-19-28(40)41/h6-9,20-21,25-26,30,38H,10-19H2,1-5H3,(H,35,42)(H,36,39)(H,40,41)/t21-,25+,26-,30+/m0/s1. The maximum atomic E-state index is 13.8. The van der Waals surface area contributed by atoms with E-state index in [-0.39, 0.29) is 77.8 Å². The van der Waals surface area contributed by atoms with Gasteiger partial charge < -0.3 is 44.7 Å². The molecule has 1 saturated heterocycles. The lowest BCUT2D eigenvalue weighted by molar-refractivity contribution is -0.144. The summed E-state index contributed by atoms with van der Waals surface area (Å²) in [4.78, 5) is 57.2. The molecule has 14 nitrogen and oxygen atoms in total. The number of aliphatic hydroxyl groups excluding tert-OH is 1. The van der Waals surface area contributed by atoms with Crippen LogP contribution in [0.2, 0.25) is 0 Å². The van der Waals surface area contributed by atoms with Crippen molar-refractivity contribution in [3.63, 3.8) is 0 Å². The Balaban J connectivity index is 1.46. The quantitative estimate of drug-likeness (QED) is 0.158. The first kappa shape index (κ1) is 39.0. The molecule has 1 fully saturated rings. The van der Waals surface area contributed by atoms with Crippen LogP contribution in [0.25, 0.3) is 10.4 Å². The van der Waals surface area contributed by atoms with Crippen molar-refractivity contribution in [2.75, 3.05) is 59.4 Å². The second-order valence-electron chi connectivity index (χ2n) is 12.6. The SMILES string of the molecule is Cc1ncsc1-c1ccc([C@H](C)NC(=O)[C@@H]2C[C@@H](O)CN2C(=O)[C@@H](NC(=O)COCCOCCOCCOCC(=O)O)C(C)(C)C)cc1. The van der Waals surface area contributed by atoms with Gasteiger partial charge in [0.15, 0.2) is 0 Å². The highest BCUT2D eigenvalue weighted by molar-refractivity contribution is 7.13. The molecule has 0 spiro atoms. The van der Waals surface area contributed by atoms with Crippen LogP contribution in [0, 0.1) is 12.3 Å². The zero-order valence-electron chi connectivity index (χ0n) is 28.2. The topological polar surface area (TPSA) is 186 Å². The van der Waals surface area contributed by atoms with Crippen molar-refractivity contribution in [1.82, 2.24) is 20.5 Å². The third-order valence-corrected chi connectivity index (χ3v) is 8.61. The largest absolute Gasteiger partial charge is 0.480 e. The Hall–Kier alpha value is -3.47. The number of thiazole rings is 1. The van der Waals surface area contributed by atoms with E-state index in [4.69, 9.17) is 24.1 Å². The van der Waals surface area contributed by atoms with E-state index in [2.05, 4.69) is 15.6 Å². The van der Waals surface area contributed by atoms with Gasteiger partial charge in [-0.05, 0) is 30.4 Å². The number of likely N-dealkylation sites (tertiary alicyclic amines) is 1. The fourth-order valence-electron chi connectivity index (χ4n) is 5.10. The number of carbonyl (C=O) groups excluding carboxylic acids is 3. The second-order valence-corrected chi connectivity index (χ2v) is 13.5. The monoisotopic (exact) mass is 692 g/mol. The summed E-state index contributed by atoms with van der Waals surface area (Å²) in [7, 11) is 0. The van der Waals surface area contributed by atoms with Gasteiger partial charge in [-0.3, -0.25) is 14.4 Å². The zero-order chi connectivity index (χ0) is 35.3. The fraction of sp³-hybridized carbons (Fsp3) is 0.606. The van der Waals surface area contributed by atoms with Crippen molar-refractivity contribution < 1.29 is 48.3 Å². The Morgan fingerprint density at radius 1 is 0.958 bits per heavy atom. The molecule has 0 bridgehead atoms.